The van der Waals surface area contributed by atoms with E-state index in [0.717, 1.165) is 29.6 Å². The van der Waals surface area contributed by atoms with Crippen molar-refractivity contribution in [3.63, 3.8) is 0 Å². The van der Waals surface area contributed by atoms with E-state index in [4.69, 9.17) is 0 Å². The summed E-state index contributed by atoms with van der Waals surface area (Å²) in [4.78, 5) is 0. The van der Waals surface area contributed by atoms with Crippen molar-refractivity contribution in [2.75, 3.05) is 5.32 Å². The minimum absolute atomic E-state index is 0.0354. The molecule has 1 N–H and O–H groups in total. The van der Waals surface area contributed by atoms with Crippen molar-refractivity contribution < 1.29 is 0 Å². The maximum absolute atomic E-state index is 4.53. The third kappa shape index (κ3) is 1.88. The molecule has 0 bridgehead atoms. The van der Waals surface area contributed by atoms with Crippen molar-refractivity contribution in [1.82, 2.24) is 7.96 Å². The van der Waals surface area contributed by atoms with Gasteiger partial charge in [0.2, 0.25) is 0 Å². The molecule has 1 aliphatic carbocycles. The van der Waals surface area contributed by atoms with Gasteiger partial charge >= 0.3 is 117 Å². The zero-order valence-electron chi connectivity index (χ0n) is 10.3. The Morgan fingerprint density at radius 1 is 1.05 bits per heavy atom. The van der Waals surface area contributed by atoms with Gasteiger partial charge in [0.05, 0.1) is 0 Å². The Balaban J connectivity index is 1.71. The van der Waals surface area contributed by atoms with E-state index in [0.29, 0.717) is 6.04 Å². The third-order valence-corrected chi connectivity index (χ3v) is 4.89. The van der Waals surface area contributed by atoms with Gasteiger partial charge in [0.15, 0.2) is 0 Å². The first-order chi connectivity index (χ1) is 9.42. The molecule has 94 valence electrons. The normalized spacial score (nSPS) is 17.6. The van der Waals surface area contributed by atoms with Crippen molar-refractivity contribution in [3.8, 4) is 0 Å². The van der Waals surface area contributed by atoms with Gasteiger partial charge in [-0.1, -0.05) is 0 Å². The van der Waals surface area contributed by atoms with E-state index in [-0.39, 0.29) is 15.0 Å². The van der Waals surface area contributed by atoms with Crippen LogP contribution in [0.2, 0.25) is 0 Å². The zero-order chi connectivity index (χ0) is 12.7. The van der Waals surface area contributed by atoms with E-state index in [1.54, 1.807) is 0 Å². The molecule has 0 saturated carbocycles. The van der Waals surface area contributed by atoms with Crippen LogP contribution in [0.3, 0.4) is 0 Å². The maximum atomic E-state index is 4.53. The molecule has 0 saturated heterocycles. The van der Waals surface area contributed by atoms with Crippen molar-refractivity contribution in [3.05, 3.63) is 53.6 Å². The van der Waals surface area contributed by atoms with Gasteiger partial charge in [0.25, 0.3) is 0 Å². The van der Waals surface area contributed by atoms with Crippen molar-refractivity contribution in [2.45, 2.75) is 18.9 Å². The van der Waals surface area contributed by atoms with Gasteiger partial charge in [-0.05, 0) is 0 Å². The van der Waals surface area contributed by atoms with Crippen LogP contribution in [0.25, 0.3) is 11.0 Å². The quantitative estimate of drug-likeness (QED) is 0.739. The molecule has 0 aliphatic heterocycles. The van der Waals surface area contributed by atoms with Crippen LogP contribution in [-0.2, 0) is 6.42 Å². The summed E-state index contributed by atoms with van der Waals surface area (Å²) in [5.74, 6) is 0. The Morgan fingerprint density at radius 2 is 2.00 bits per heavy atom. The second kappa shape index (κ2) is 4.48. The first-order valence-electron chi connectivity index (χ1n) is 6.47. The number of hydrogen-bond acceptors (Lipinski definition) is 3. The molecule has 1 atom stereocenters. The standard InChI is InChI=1S/C15H13N3Se/c1-2-5-11-10(4-1)8-9-12(11)16-13-6-3-7-14-15(13)18-19-17-14/h1-7,12,16H,8-9H2. The van der Waals surface area contributed by atoms with E-state index >= 15 is 0 Å². The summed E-state index contributed by atoms with van der Waals surface area (Å²) in [6.07, 6.45) is 2.32. The van der Waals surface area contributed by atoms with Gasteiger partial charge < -0.3 is 0 Å². The van der Waals surface area contributed by atoms with Crippen LogP contribution in [0.5, 0.6) is 0 Å². The van der Waals surface area contributed by atoms with Gasteiger partial charge in [0, 0.05) is 0 Å². The molecule has 0 spiro atoms. The summed E-state index contributed by atoms with van der Waals surface area (Å²) >= 11 is 0.0354. The van der Waals surface area contributed by atoms with E-state index in [2.05, 4.69) is 49.7 Å². The van der Waals surface area contributed by atoms with Gasteiger partial charge in [-0.2, -0.15) is 0 Å². The molecule has 1 aliphatic rings. The summed E-state index contributed by atoms with van der Waals surface area (Å²) in [5, 5.41) is 3.65. The Kier molecular flexibility index (Phi) is 2.64. The molecule has 19 heavy (non-hydrogen) atoms. The molecular weight excluding hydrogens is 301 g/mol. The number of benzene rings is 2. The fraction of sp³-hybridized carbons (Fsp3) is 0.200. The van der Waals surface area contributed by atoms with Crippen molar-refractivity contribution >= 4 is 31.7 Å². The molecule has 1 heterocycles. The van der Waals surface area contributed by atoms with E-state index in [1.807, 2.05) is 6.07 Å². The number of fused-ring (bicyclic) bond motifs is 2. The van der Waals surface area contributed by atoms with Gasteiger partial charge in [0.1, 0.15) is 0 Å². The molecular formula is C15H13N3Se. The van der Waals surface area contributed by atoms with Crippen LogP contribution >= 0.6 is 0 Å². The van der Waals surface area contributed by atoms with Crippen LogP contribution in [0.15, 0.2) is 42.5 Å². The van der Waals surface area contributed by atoms with Crippen LogP contribution in [0.1, 0.15) is 23.6 Å². The van der Waals surface area contributed by atoms with E-state index in [1.165, 1.54) is 11.1 Å². The molecule has 3 nitrogen and oxygen atoms in total. The molecule has 4 heteroatoms. The Labute approximate surface area is 117 Å². The third-order valence-electron chi connectivity index (χ3n) is 3.75. The Bertz CT molecular complexity index is 735. The SMILES string of the molecule is c1ccc2c(c1)CCC2Nc1cccc2n[se]nc12. The fourth-order valence-corrected chi connectivity index (χ4v) is 3.97. The van der Waals surface area contributed by atoms with E-state index in [9.17, 15) is 0 Å². The van der Waals surface area contributed by atoms with Crippen molar-refractivity contribution in [2.24, 2.45) is 0 Å². The zero-order valence-corrected chi connectivity index (χ0v) is 12.0. The first kappa shape index (κ1) is 11.2. The fourth-order valence-electron chi connectivity index (χ4n) is 2.82. The monoisotopic (exact) mass is 315 g/mol. The summed E-state index contributed by atoms with van der Waals surface area (Å²) in [7, 11) is 0. The first-order valence-corrected chi connectivity index (χ1v) is 8.01. The predicted molar refractivity (Wildman–Crippen MR) is 77.6 cm³/mol. The van der Waals surface area contributed by atoms with E-state index < -0.39 is 0 Å². The molecule has 1 aromatic heterocycles. The van der Waals surface area contributed by atoms with Crippen LogP contribution < -0.4 is 5.32 Å². The predicted octanol–water partition coefficient (Wildman–Crippen LogP) is 2.79. The van der Waals surface area contributed by atoms with Crippen LogP contribution in [0, 0.1) is 0 Å². The van der Waals surface area contributed by atoms with Crippen molar-refractivity contribution in [1.29, 1.82) is 0 Å². The topological polar surface area (TPSA) is 37.8 Å². The Morgan fingerprint density at radius 3 is 3.00 bits per heavy atom. The Hall–Kier alpha value is -1.64. The molecule has 4 rings (SSSR count). The number of aromatic nitrogens is 2. The van der Waals surface area contributed by atoms with Crippen LogP contribution in [0.4, 0.5) is 5.69 Å². The number of nitrogens with zero attached hydrogens (tertiary/aromatic N) is 2. The van der Waals surface area contributed by atoms with Crippen LogP contribution in [-0.4, -0.2) is 22.9 Å². The summed E-state index contributed by atoms with van der Waals surface area (Å²) in [5.41, 5.74) is 6.12. The number of hydrogen-bond donors (Lipinski definition) is 1. The summed E-state index contributed by atoms with van der Waals surface area (Å²) < 4.78 is 8.97. The second-order valence-electron chi connectivity index (χ2n) is 4.87. The number of aryl methyl sites for hydroxylation is 1. The second-order valence-corrected chi connectivity index (χ2v) is 5.98. The average molecular weight is 314 g/mol. The number of nitrogens with one attached hydrogen (secondary N) is 1. The molecule has 1 unspecified atom stereocenters. The molecule has 0 amide bonds. The molecule has 2 aromatic carbocycles. The van der Waals surface area contributed by atoms with Gasteiger partial charge in [-0.25, -0.2) is 0 Å². The number of rotatable bonds is 2. The summed E-state index contributed by atoms with van der Waals surface area (Å²) in [6, 6.07) is 15.3. The number of anilines is 1. The molecule has 3 aromatic rings. The summed E-state index contributed by atoms with van der Waals surface area (Å²) in [6.45, 7) is 0. The molecule has 0 fully saturated rings. The molecule has 0 radical (unpaired) electrons. The minimum atomic E-state index is 0.0354. The van der Waals surface area contributed by atoms with Gasteiger partial charge in [-0.3, -0.25) is 0 Å². The van der Waals surface area contributed by atoms with Gasteiger partial charge in [-0.15, -0.1) is 0 Å². The average Bonchev–Trinajstić information content (AvgIpc) is 3.06.